The van der Waals surface area contributed by atoms with Gasteiger partial charge in [-0.3, -0.25) is 4.98 Å². The fraction of sp³-hybridized carbons (Fsp3) is 0.267. The Morgan fingerprint density at radius 1 is 1.06 bits per heavy atom. The van der Waals surface area contributed by atoms with Gasteiger partial charge in [0.05, 0.1) is 6.04 Å². The maximum atomic E-state index is 4.52. The molecular weight excluding hydrogens is 208 g/mol. The van der Waals surface area contributed by atoms with Crippen molar-refractivity contribution >= 4 is 0 Å². The first-order valence-electron chi connectivity index (χ1n) is 6.17. The molecule has 0 saturated carbocycles. The number of nitrogens with one attached hydrogen (secondary N) is 1. The van der Waals surface area contributed by atoms with Crippen LogP contribution < -0.4 is 5.32 Å². The summed E-state index contributed by atoms with van der Waals surface area (Å²) in [6.07, 6.45) is 4.13. The summed E-state index contributed by atoms with van der Waals surface area (Å²) in [7, 11) is 0. The zero-order chi connectivity index (χ0) is 11.5. The van der Waals surface area contributed by atoms with Gasteiger partial charge in [-0.1, -0.05) is 36.4 Å². The molecule has 2 heteroatoms. The lowest BCUT2D eigenvalue weighted by atomic mass is 9.97. The number of aromatic nitrogens is 1. The number of rotatable bonds is 1. The Bertz CT molecular complexity index is 493. The molecule has 0 amide bonds. The Hall–Kier alpha value is -1.67. The minimum absolute atomic E-state index is 0.294. The van der Waals surface area contributed by atoms with Gasteiger partial charge >= 0.3 is 0 Å². The van der Waals surface area contributed by atoms with E-state index in [-0.39, 0.29) is 0 Å². The van der Waals surface area contributed by atoms with Gasteiger partial charge in [0, 0.05) is 11.9 Å². The lowest BCUT2D eigenvalue weighted by molar-refractivity contribution is 0.609. The van der Waals surface area contributed by atoms with E-state index in [1.165, 1.54) is 16.8 Å². The molecule has 3 rings (SSSR count). The van der Waals surface area contributed by atoms with E-state index in [0.29, 0.717) is 6.04 Å². The summed E-state index contributed by atoms with van der Waals surface area (Å²) in [6, 6.07) is 15.1. The maximum absolute atomic E-state index is 4.52. The molecule has 1 unspecified atom stereocenters. The highest BCUT2D eigenvalue weighted by molar-refractivity contribution is 5.35. The van der Waals surface area contributed by atoms with Crippen LogP contribution in [0.3, 0.4) is 0 Å². The van der Waals surface area contributed by atoms with Crippen LogP contribution in [0.1, 0.15) is 29.3 Å². The summed E-state index contributed by atoms with van der Waals surface area (Å²) in [5.74, 6) is 0. The molecule has 2 nitrogen and oxygen atoms in total. The third-order valence-corrected chi connectivity index (χ3v) is 3.31. The molecule has 0 spiro atoms. The van der Waals surface area contributed by atoms with E-state index in [1.54, 1.807) is 0 Å². The standard InChI is InChI=1S/C15H16N2/c1-2-6-12(7-3-1)15-13-8-4-10-16-14(13)9-5-11-17-15/h1-4,6-8,10,15,17H,5,9,11H2. The smallest absolute Gasteiger partial charge is 0.0594 e. The normalized spacial score (nSPS) is 19.4. The Morgan fingerprint density at radius 3 is 2.82 bits per heavy atom. The fourth-order valence-electron chi connectivity index (χ4n) is 2.48. The molecule has 0 aliphatic carbocycles. The van der Waals surface area contributed by atoms with Gasteiger partial charge in [-0.25, -0.2) is 0 Å². The molecular formula is C15H16N2. The van der Waals surface area contributed by atoms with Gasteiger partial charge in [0.1, 0.15) is 0 Å². The topological polar surface area (TPSA) is 24.9 Å². The van der Waals surface area contributed by atoms with E-state index in [0.717, 1.165) is 19.4 Å². The molecule has 0 fully saturated rings. The first kappa shape index (κ1) is 10.5. The van der Waals surface area contributed by atoms with Gasteiger partial charge in [-0.15, -0.1) is 0 Å². The summed E-state index contributed by atoms with van der Waals surface area (Å²) in [6.45, 7) is 1.05. The monoisotopic (exact) mass is 224 g/mol. The Kier molecular flexibility index (Phi) is 2.88. The summed E-state index contributed by atoms with van der Waals surface area (Å²) in [4.78, 5) is 4.52. The average molecular weight is 224 g/mol. The van der Waals surface area contributed by atoms with Crippen LogP contribution in [0.4, 0.5) is 0 Å². The van der Waals surface area contributed by atoms with Gasteiger partial charge in [-0.05, 0) is 36.6 Å². The van der Waals surface area contributed by atoms with Crippen molar-refractivity contribution in [2.45, 2.75) is 18.9 Å². The molecule has 2 heterocycles. The summed E-state index contributed by atoms with van der Waals surface area (Å²) in [5.41, 5.74) is 3.89. The lowest BCUT2D eigenvalue weighted by Crippen LogP contribution is -2.22. The average Bonchev–Trinajstić information content (AvgIpc) is 2.62. The second kappa shape index (κ2) is 4.68. The number of pyridine rings is 1. The highest BCUT2D eigenvalue weighted by Gasteiger charge is 2.19. The molecule has 86 valence electrons. The SMILES string of the molecule is c1ccc(C2NCCCc3ncccc32)cc1. The van der Waals surface area contributed by atoms with Crippen LogP contribution in [0.25, 0.3) is 0 Å². The summed E-state index contributed by atoms with van der Waals surface area (Å²) < 4.78 is 0. The highest BCUT2D eigenvalue weighted by Crippen LogP contribution is 2.26. The van der Waals surface area contributed by atoms with E-state index in [2.05, 4.69) is 46.7 Å². The highest BCUT2D eigenvalue weighted by atomic mass is 14.9. The van der Waals surface area contributed by atoms with Crippen molar-refractivity contribution in [2.24, 2.45) is 0 Å². The zero-order valence-electron chi connectivity index (χ0n) is 9.76. The third kappa shape index (κ3) is 2.08. The largest absolute Gasteiger partial charge is 0.306 e. The minimum atomic E-state index is 0.294. The Balaban J connectivity index is 2.06. The molecule has 1 atom stereocenters. The number of hydrogen-bond acceptors (Lipinski definition) is 2. The molecule has 2 aromatic rings. The van der Waals surface area contributed by atoms with Crippen molar-refractivity contribution in [1.82, 2.24) is 10.3 Å². The predicted molar refractivity (Wildman–Crippen MR) is 68.8 cm³/mol. The molecule has 1 aliphatic heterocycles. The van der Waals surface area contributed by atoms with Crippen molar-refractivity contribution in [1.29, 1.82) is 0 Å². The number of fused-ring (bicyclic) bond motifs is 1. The second-order valence-corrected chi connectivity index (χ2v) is 4.44. The van der Waals surface area contributed by atoms with Gasteiger partial charge in [0.15, 0.2) is 0 Å². The van der Waals surface area contributed by atoms with Crippen LogP contribution in [0.15, 0.2) is 48.7 Å². The summed E-state index contributed by atoms with van der Waals surface area (Å²) >= 11 is 0. The zero-order valence-corrected chi connectivity index (χ0v) is 9.76. The predicted octanol–water partition coefficient (Wildman–Crippen LogP) is 2.71. The van der Waals surface area contributed by atoms with Crippen LogP contribution in [-0.2, 0) is 6.42 Å². The minimum Gasteiger partial charge on any atom is -0.306 e. The Morgan fingerprint density at radius 2 is 1.94 bits per heavy atom. The quantitative estimate of drug-likeness (QED) is 0.805. The Labute approximate surface area is 102 Å². The van der Waals surface area contributed by atoms with Crippen LogP contribution in [0.5, 0.6) is 0 Å². The van der Waals surface area contributed by atoms with Crippen molar-refractivity contribution in [2.75, 3.05) is 6.54 Å². The number of benzene rings is 1. The van der Waals surface area contributed by atoms with Crippen LogP contribution in [0, 0.1) is 0 Å². The van der Waals surface area contributed by atoms with Gasteiger partial charge in [-0.2, -0.15) is 0 Å². The molecule has 0 saturated heterocycles. The fourth-order valence-corrected chi connectivity index (χ4v) is 2.48. The van der Waals surface area contributed by atoms with E-state index >= 15 is 0 Å². The molecule has 1 aromatic carbocycles. The van der Waals surface area contributed by atoms with Crippen molar-refractivity contribution in [3.63, 3.8) is 0 Å². The molecule has 1 aliphatic rings. The van der Waals surface area contributed by atoms with E-state index in [4.69, 9.17) is 0 Å². The van der Waals surface area contributed by atoms with Crippen LogP contribution >= 0.6 is 0 Å². The molecule has 1 N–H and O–H groups in total. The van der Waals surface area contributed by atoms with Gasteiger partial charge in [0.25, 0.3) is 0 Å². The lowest BCUT2D eigenvalue weighted by Gasteiger charge is -2.18. The number of nitrogens with zero attached hydrogens (tertiary/aromatic N) is 1. The molecule has 0 bridgehead atoms. The maximum Gasteiger partial charge on any atom is 0.0594 e. The van der Waals surface area contributed by atoms with Crippen molar-refractivity contribution in [3.8, 4) is 0 Å². The number of hydrogen-bond donors (Lipinski definition) is 1. The molecule has 0 radical (unpaired) electrons. The first-order valence-corrected chi connectivity index (χ1v) is 6.17. The summed E-state index contributed by atoms with van der Waals surface area (Å²) in [5, 5.41) is 3.61. The van der Waals surface area contributed by atoms with E-state index in [9.17, 15) is 0 Å². The van der Waals surface area contributed by atoms with Gasteiger partial charge in [0.2, 0.25) is 0 Å². The molecule has 17 heavy (non-hydrogen) atoms. The van der Waals surface area contributed by atoms with Crippen molar-refractivity contribution < 1.29 is 0 Å². The van der Waals surface area contributed by atoms with Crippen molar-refractivity contribution in [3.05, 3.63) is 65.5 Å². The first-order chi connectivity index (χ1) is 8.45. The number of aryl methyl sites for hydroxylation is 1. The third-order valence-electron chi connectivity index (χ3n) is 3.31. The second-order valence-electron chi connectivity index (χ2n) is 4.44. The molecule has 1 aromatic heterocycles. The van der Waals surface area contributed by atoms with Gasteiger partial charge < -0.3 is 5.32 Å². The van der Waals surface area contributed by atoms with Crippen LogP contribution in [-0.4, -0.2) is 11.5 Å². The van der Waals surface area contributed by atoms with E-state index < -0.39 is 0 Å². The van der Waals surface area contributed by atoms with E-state index in [1.807, 2.05) is 12.3 Å². The van der Waals surface area contributed by atoms with Crippen LogP contribution in [0.2, 0.25) is 0 Å².